The SMILES string of the molecule is C/C(=C\C(O[Si](C)(C)C)(O[Si](C)(C)C)C(C)O[Si](C)(C)C)C(=O)O. The molecule has 142 valence electrons. The molecule has 0 spiro atoms. The third-order valence-electron chi connectivity index (χ3n) is 2.78. The van der Waals surface area contributed by atoms with E-state index in [-0.39, 0.29) is 5.57 Å². The molecule has 0 rings (SSSR count). The maximum atomic E-state index is 11.4. The highest BCUT2D eigenvalue weighted by Gasteiger charge is 2.46. The van der Waals surface area contributed by atoms with Crippen LogP contribution in [0, 0.1) is 0 Å². The fraction of sp³-hybridized carbons (Fsp3) is 0.812. The molecule has 0 aromatic heterocycles. The third kappa shape index (κ3) is 9.28. The highest BCUT2D eigenvalue weighted by molar-refractivity contribution is 6.71. The van der Waals surface area contributed by atoms with Crippen LogP contribution >= 0.6 is 0 Å². The van der Waals surface area contributed by atoms with E-state index in [0.29, 0.717) is 0 Å². The molecule has 1 atom stereocenters. The number of hydrogen-bond donors (Lipinski definition) is 1. The summed E-state index contributed by atoms with van der Waals surface area (Å²) >= 11 is 0. The first-order valence-electron chi connectivity index (χ1n) is 8.38. The van der Waals surface area contributed by atoms with Crippen LogP contribution in [-0.4, -0.2) is 47.9 Å². The van der Waals surface area contributed by atoms with Crippen LogP contribution in [0.1, 0.15) is 13.8 Å². The summed E-state index contributed by atoms with van der Waals surface area (Å²) in [6.07, 6.45) is 1.22. The summed E-state index contributed by atoms with van der Waals surface area (Å²) < 4.78 is 19.1. The van der Waals surface area contributed by atoms with Crippen LogP contribution in [0.5, 0.6) is 0 Å². The first kappa shape index (κ1) is 23.7. The zero-order chi connectivity index (χ0) is 19.6. The molecule has 0 aliphatic rings. The Balaban J connectivity index is 6.21. The van der Waals surface area contributed by atoms with Crippen molar-refractivity contribution in [1.82, 2.24) is 0 Å². The molecule has 0 fully saturated rings. The van der Waals surface area contributed by atoms with Crippen LogP contribution in [0.3, 0.4) is 0 Å². The molecular weight excluding hydrogens is 356 g/mol. The van der Waals surface area contributed by atoms with Crippen LogP contribution in [0.4, 0.5) is 0 Å². The van der Waals surface area contributed by atoms with E-state index < -0.39 is 42.8 Å². The second-order valence-electron chi connectivity index (χ2n) is 9.16. The number of carbonyl (C=O) groups is 1. The molecule has 0 aliphatic heterocycles. The summed E-state index contributed by atoms with van der Waals surface area (Å²) in [7, 11) is -5.94. The Labute approximate surface area is 150 Å². The maximum absolute atomic E-state index is 11.4. The molecule has 0 aromatic carbocycles. The van der Waals surface area contributed by atoms with E-state index in [9.17, 15) is 9.90 Å². The minimum Gasteiger partial charge on any atom is -0.478 e. The van der Waals surface area contributed by atoms with E-state index in [1.165, 1.54) is 0 Å². The van der Waals surface area contributed by atoms with Gasteiger partial charge in [-0.15, -0.1) is 0 Å². The average Bonchev–Trinajstić information content (AvgIpc) is 2.20. The molecule has 0 radical (unpaired) electrons. The maximum Gasteiger partial charge on any atom is 0.331 e. The minimum atomic E-state index is -2.04. The predicted octanol–water partition coefficient (Wildman–Crippen LogP) is 4.66. The van der Waals surface area contributed by atoms with Crippen molar-refractivity contribution in [2.45, 2.75) is 84.7 Å². The molecule has 1 unspecified atom stereocenters. The van der Waals surface area contributed by atoms with Crippen LogP contribution in [0.2, 0.25) is 58.9 Å². The predicted molar refractivity (Wildman–Crippen MR) is 107 cm³/mol. The lowest BCUT2D eigenvalue weighted by molar-refractivity contribution is -0.151. The van der Waals surface area contributed by atoms with Gasteiger partial charge in [-0.2, -0.15) is 0 Å². The lowest BCUT2D eigenvalue weighted by Gasteiger charge is -2.46. The molecule has 24 heavy (non-hydrogen) atoms. The van der Waals surface area contributed by atoms with E-state index in [1.54, 1.807) is 13.0 Å². The second kappa shape index (κ2) is 7.96. The van der Waals surface area contributed by atoms with E-state index in [1.807, 2.05) is 6.92 Å². The molecule has 0 saturated heterocycles. The largest absolute Gasteiger partial charge is 0.478 e. The molecule has 0 aromatic rings. The van der Waals surface area contributed by atoms with Crippen molar-refractivity contribution in [3.63, 3.8) is 0 Å². The number of carboxylic acids is 1. The molecule has 5 nitrogen and oxygen atoms in total. The Morgan fingerprint density at radius 1 is 0.917 bits per heavy atom. The zero-order valence-electron chi connectivity index (χ0n) is 17.2. The Kier molecular flexibility index (Phi) is 7.88. The van der Waals surface area contributed by atoms with Gasteiger partial charge >= 0.3 is 5.97 Å². The van der Waals surface area contributed by atoms with Gasteiger partial charge in [-0.05, 0) is 78.8 Å². The first-order chi connectivity index (χ1) is 10.4. The van der Waals surface area contributed by atoms with Gasteiger partial charge in [-0.1, -0.05) is 0 Å². The first-order valence-corrected chi connectivity index (χ1v) is 18.6. The van der Waals surface area contributed by atoms with Crippen molar-refractivity contribution >= 4 is 30.9 Å². The number of carboxylic acid groups (broad SMARTS) is 1. The monoisotopic (exact) mass is 392 g/mol. The number of rotatable bonds is 9. The summed E-state index contributed by atoms with van der Waals surface area (Å²) in [6.45, 7) is 22.2. The van der Waals surface area contributed by atoms with Crippen molar-refractivity contribution in [3.05, 3.63) is 11.6 Å². The minimum absolute atomic E-state index is 0.206. The standard InChI is InChI=1S/C16H36O5Si3/c1-13(15(17)18)12-16(20-23(6,7)8,21-24(9,10)11)14(2)19-22(3,4)5/h12,14H,1-11H3,(H,17,18)/b13-12+. The quantitative estimate of drug-likeness (QED) is 0.351. The van der Waals surface area contributed by atoms with E-state index in [2.05, 4.69) is 58.9 Å². The van der Waals surface area contributed by atoms with Gasteiger partial charge < -0.3 is 18.4 Å². The van der Waals surface area contributed by atoms with Crippen LogP contribution < -0.4 is 0 Å². The van der Waals surface area contributed by atoms with E-state index >= 15 is 0 Å². The molecule has 0 bridgehead atoms. The highest BCUT2D eigenvalue weighted by Crippen LogP contribution is 2.33. The van der Waals surface area contributed by atoms with Gasteiger partial charge in [0.15, 0.2) is 30.7 Å². The van der Waals surface area contributed by atoms with Gasteiger partial charge in [0.25, 0.3) is 0 Å². The molecule has 0 amide bonds. The molecule has 0 saturated carbocycles. The summed E-state index contributed by atoms with van der Waals surface area (Å²) in [5, 5.41) is 9.37. The van der Waals surface area contributed by atoms with Crippen LogP contribution in [0.15, 0.2) is 11.6 Å². The van der Waals surface area contributed by atoms with Gasteiger partial charge in [-0.25, -0.2) is 4.79 Å². The van der Waals surface area contributed by atoms with Crippen molar-refractivity contribution in [2.24, 2.45) is 0 Å². The topological polar surface area (TPSA) is 65.0 Å². The van der Waals surface area contributed by atoms with Gasteiger partial charge in [0, 0.05) is 5.57 Å². The van der Waals surface area contributed by atoms with E-state index in [0.717, 1.165) is 0 Å². The van der Waals surface area contributed by atoms with Crippen LogP contribution in [-0.2, 0) is 18.1 Å². The molecule has 0 aliphatic carbocycles. The molecule has 1 N–H and O–H groups in total. The average molecular weight is 393 g/mol. The smallest absolute Gasteiger partial charge is 0.331 e. The number of hydrogen-bond acceptors (Lipinski definition) is 4. The fourth-order valence-corrected chi connectivity index (χ4v) is 6.05. The van der Waals surface area contributed by atoms with Gasteiger partial charge in [0.2, 0.25) is 0 Å². The van der Waals surface area contributed by atoms with Gasteiger partial charge in [-0.3, -0.25) is 0 Å². The van der Waals surface area contributed by atoms with Crippen molar-refractivity contribution < 1.29 is 23.2 Å². The lowest BCUT2D eigenvalue weighted by atomic mass is 10.1. The summed E-state index contributed by atoms with van der Waals surface area (Å²) in [6, 6.07) is 0. The highest BCUT2D eigenvalue weighted by atomic mass is 28.4. The Bertz CT molecular complexity index is 454. The van der Waals surface area contributed by atoms with E-state index in [4.69, 9.17) is 13.3 Å². The third-order valence-corrected chi connectivity index (χ3v) is 5.71. The summed E-state index contributed by atoms with van der Waals surface area (Å²) in [5.74, 6) is -2.14. The molecule has 8 heteroatoms. The molecule has 0 heterocycles. The fourth-order valence-electron chi connectivity index (χ4n) is 2.30. The zero-order valence-corrected chi connectivity index (χ0v) is 20.2. The Hall–Kier alpha value is -0.259. The van der Waals surface area contributed by atoms with Crippen LogP contribution in [0.25, 0.3) is 0 Å². The normalized spacial score (nSPS) is 16.2. The van der Waals surface area contributed by atoms with Crippen molar-refractivity contribution in [1.29, 1.82) is 0 Å². The van der Waals surface area contributed by atoms with Gasteiger partial charge in [0.1, 0.15) is 0 Å². The summed E-state index contributed by atoms with van der Waals surface area (Å²) in [4.78, 5) is 11.4. The Morgan fingerprint density at radius 3 is 1.54 bits per heavy atom. The lowest BCUT2D eigenvalue weighted by Crippen LogP contribution is -2.57. The van der Waals surface area contributed by atoms with Gasteiger partial charge in [0.05, 0.1) is 6.10 Å². The molecular formula is C16H36O5Si3. The number of aliphatic carboxylic acids is 1. The Morgan fingerprint density at radius 2 is 1.29 bits per heavy atom. The second-order valence-corrected chi connectivity index (χ2v) is 22.5. The summed E-state index contributed by atoms with van der Waals surface area (Å²) in [5.41, 5.74) is 0.206. The van der Waals surface area contributed by atoms with Crippen molar-refractivity contribution in [3.8, 4) is 0 Å². The van der Waals surface area contributed by atoms with Crippen molar-refractivity contribution in [2.75, 3.05) is 0 Å².